The normalized spacial score (nSPS) is 13.6. The van der Waals surface area contributed by atoms with Crippen LogP contribution in [-0.4, -0.2) is 34.4 Å². The molecule has 9 heteroatoms. The second kappa shape index (κ2) is 10.2. The minimum absolute atomic E-state index is 0.131. The fraction of sp³-hybridized carbons (Fsp3) is 0.292. The average molecular weight is 454 g/mol. The van der Waals surface area contributed by atoms with Crippen LogP contribution in [0.4, 0.5) is 14.5 Å². The van der Waals surface area contributed by atoms with E-state index >= 15 is 0 Å². The Balaban J connectivity index is 1.51. The van der Waals surface area contributed by atoms with Crippen molar-refractivity contribution in [3.05, 3.63) is 59.9 Å². The first-order valence-electron chi connectivity index (χ1n) is 10.7. The zero-order valence-electron chi connectivity index (χ0n) is 18.1. The van der Waals surface area contributed by atoms with E-state index in [0.29, 0.717) is 11.3 Å². The number of methoxy groups -OCH3 is 1. The van der Waals surface area contributed by atoms with Gasteiger partial charge in [0.15, 0.2) is 17.3 Å². The number of halogens is 2. The summed E-state index contributed by atoms with van der Waals surface area (Å²) in [7, 11) is 1.36. The number of hydrogen-bond donors (Lipinski definition) is 1. The first-order chi connectivity index (χ1) is 16.0. The Morgan fingerprint density at radius 2 is 2.00 bits per heavy atom. The number of nitrogens with one attached hydrogen (secondary N) is 1. The molecule has 172 valence electrons. The number of amides is 1. The van der Waals surface area contributed by atoms with Crippen LogP contribution in [0.2, 0.25) is 0 Å². The highest BCUT2D eigenvalue weighted by Crippen LogP contribution is 2.33. The van der Waals surface area contributed by atoms with Crippen molar-refractivity contribution in [1.82, 2.24) is 14.8 Å². The maximum atomic E-state index is 12.8. The fourth-order valence-electron chi connectivity index (χ4n) is 3.82. The topological polar surface area (TPSA) is 78.3 Å². The number of alkyl halides is 2. The third-order valence-electron chi connectivity index (χ3n) is 5.35. The summed E-state index contributed by atoms with van der Waals surface area (Å²) in [6, 6.07) is 12.1. The van der Waals surface area contributed by atoms with Gasteiger partial charge in [0.05, 0.1) is 7.11 Å². The minimum atomic E-state index is -3.02. The first kappa shape index (κ1) is 22.4. The summed E-state index contributed by atoms with van der Waals surface area (Å²) in [5.74, 6) is 1.37. The number of aryl methyl sites for hydroxylation is 1. The molecular weight excluding hydrogens is 430 g/mol. The van der Waals surface area contributed by atoms with E-state index in [1.165, 1.54) is 31.7 Å². The Kier molecular flexibility index (Phi) is 6.97. The highest BCUT2D eigenvalue weighted by atomic mass is 19.3. The molecule has 7 nitrogen and oxygen atoms in total. The number of ether oxygens (including phenoxy) is 2. The lowest BCUT2D eigenvalue weighted by Crippen LogP contribution is -2.08. The number of hydrogen-bond acceptors (Lipinski definition) is 5. The Morgan fingerprint density at radius 1 is 1.15 bits per heavy atom. The predicted octanol–water partition coefficient (Wildman–Crippen LogP) is 4.93. The van der Waals surface area contributed by atoms with Crippen molar-refractivity contribution < 1.29 is 23.0 Å². The molecule has 0 saturated heterocycles. The van der Waals surface area contributed by atoms with E-state index in [0.717, 1.165) is 43.0 Å². The van der Waals surface area contributed by atoms with Gasteiger partial charge in [-0.2, -0.15) is 8.78 Å². The smallest absolute Gasteiger partial charge is 0.387 e. The second-order valence-corrected chi connectivity index (χ2v) is 7.56. The monoisotopic (exact) mass is 454 g/mol. The lowest BCUT2D eigenvalue weighted by Gasteiger charge is -2.12. The number of aromatic nitrogens is 3. The van der Waals surface area contributed by atoms with Crippen molar-refractivity contribution in [1.29, 1.82) is 0 Å². The number of rotatable bonds is 7. The van der Waals surface area contributed by atoms with Crippen LogP contribution in [0.25, 0.3) is 17.5 Å². The Labute approximate surface area is 190 Å². The molecule has 2 heterocycles. The van der Waals surface area contributed by atoms with Gasteiger partial charge in [0, 0.05) is 35.9 Å². The standard InChI is InChI=1S/C24H24F2N4O3/c1-32-19-10-6-7-16(22(19)33-24(25)26)12-13-21(31)27-18-9-5-8-17(15-18)23-29-28-20-11-3-2-4-14-30(20)23/h5-10,12-13,15,24H,2-4,11,14H2,1H3,(H,27,31)/b13-12+. The van der Waals surface area contributed by atoms with Crippen LogP contribution < -0.4 is 14.8 Å². The Morgan fingerprint density at radius 3 is 2.82 bits per heavy atom. The maximum Gasteiger partial charge on any atom is 0.387 e. The number of carbonyl (C=O) groups excluding carboxylic acids is 1. The highest BCUT2D eigenvalue weighted by molar-refractivity contribution is 6.02. The summed E-state index contributed by atoms with van der Waals surface area (Å²) in [6.07, 6.45) is 6.93. The zero-order valence-corrected chi connectivity index (χ0v) is 18.1. The van der Waals surface area contributed by atoms with Gasteiger partial charge in [-0.05, 0) is 37.1 Å². The van der Waals surface area contributed by atoms with Gasteiger partial charge in [-0.15, -0.1) is 10.2 Å². The van der Waals surface area contributed by atoms with Crippen LogP contribution in [0.5, 0.6) is 11.5 Å². The average Bonchev–Trinajstić information content (AvgIpc) is 3.06. The number of para-hydroxylation sites is 1. The van der Waals surface area contributed by atoms with E-state index in [-0.39, 0.29) is 11.5 Å². The molecule has 0 aliphatic carbocycles. The predicted molar refractivity (Wildman–Crippen MR) is 120 cm³/mol. The molecule has 1 N–H and O–H groups in total. The third-order valence-corrected chi connectivity index (χ3v) is 5.35. The van der Waals surface area contributed by atoms with Crippen molar-refractivity contribution in [2.24, 2.45) is 0 Å². The van der Waals surface area contributed by atoms with Gasteiger partial charge < -0.3 is 19.4 Å². The lowest BCUT2D eigenvalue weighted by atomic mass is 10.1. The number of anilines is 1. The summed E-state index contributed by atoms with van der Waals surface area (Å²) >= 11 is 0. The minimum Gasteiger partial charge on any atom is -0.493 e. The lowest BCUT2D eigenvalue weighted by molar-refractivity contribution is -0.111. The van der Waals surface area contributed by atoms with Crippen molar-refractivity contribution in [2.45, 2.75) is 38.8 Å². The number of nitrogens with zero attached hydrogens (tertiary/aromatic N) is 3. The van der Waals surface area contributed by atoms with Crippen molar-refractivity contribution >= 4 is 17.7 Å². The molecular formula is C24H24F2N4O3. The molecule has 4 rings (SSSR count). The molecule has 0 atom stereocenters. The zero-order chi connectivity index (χ0) is 23.2. The molecule has 0 fully saturated rings. The fourth-order valence-corrected chi connectivity index (χ4v) is 3.82. The molecule has 0 bridgehead atoms. The maximum absolute atomic E-state index is 12.8. The van der Waals surface area contributed by atoms with E-state index in [2.05, 4.69) is 24.8 Å². The molecule has 0 spiro atoms. The second-order valence-electron chi connectivity index (χ2n) is 7.56. The summed E-state index contributed by atoms with van der Waals surface area (Å²) in [5, 5.41) is 11.5. The van der Waals surface area contributed by atoms with E-state index in [1.54, 1.807) is 18.2 Å². The van der Waals surface area contributed by atoms with E-state index in [4.69, 9.17) is 4.74 Å². The Hall–Kier alpha value is -3.75. The van der Waals surface area contributed by atoms with Crippen LogP contribution in [0.15, 0.2) is 48.5 Å². The molecule has 0 saturated carbocycles. The summed E-state index contributed by atoms with van der Waals surface area (Å²) < 4.78 is 37.4. The van der Waals surface area contributed by atoms with Gasteiger partial charge in [-0.1, -0.05) is 30.7 Å². The SMILES string of the molecule is COc1cccc(/C=C/C(=O)Nc2cccc(-c3nnc4n3CCCCC4)c2)c1OC(F)F. The molecule has 1 amide bonds. The quantitative estimate of drug-likeness (QED) is 0.512. The van der Waals surface area contributed by atoms with E-state index in [1.807, 2.05) is 18.2 Å². The summed E-state index contributed by atoms with van der Waals surface area (Å²) in [5.41, 5.74) is 1.74. The molecule has 2 aromatic carbocycles. The summed E-state index contributed by atoms with van der Waals surface area (Å²) in [6.45, 7) is -2.14. The van der Waals surface area contributed by atoms with Gasteiger partial charge in [-0.25, -0.2) is 0 Å². The van der Waals surface area contributed by atoms with Crippen LogP contribution >= 0.6 is 0 Å². The van der Waals surface area contributed by atoms with Crippen molar-refractivity contribution in [3.63, 3.8) is 0 Å². The summed E-state index contributed by atoms with van der Waals surface area (Å²) in [4.78, 5) is 12.5. The van der Waals surface area contributed by atoms with Gasteiger partial charge >= 0.3 is 6.61 Å². The van der Waals surface area contributed by atoms with Crippen LogP contribution in [0.3, 0.4) is 0 Å². The van der Waals surface area contributed by atoms with Crippen LogP contribution in [0.1, 0.15) is 30.7 Å². The van der Waals surface area contributed by atoms with Gasteiger partial charge in [-0.3, -0.25) is 4.79 Å². The highest BCUT2D eigenvalue weighted by Gasteiger charge is 2.17. The van der Waals surface area contributed by atoms with Gasteiger partial charge in [0.1, 0.15) is 5.82 Å². The molecule has 3 aromatic rings. The van der Waals surface area contributed by atoms with Crippen LogP contribution in [0, 0.1) is 0 Å². The number of carbonyl (C=O) groups is 1. The molecule has 0 unspecified atom stereocenters. The largest absolute Gasteiger partial charge is 0.493 e. The van der Waals surface area contributed by atoms with Crippen molar-refractivity contribution in [2.75, 3.05) is 12.4 Å². The van der Waals surface area contributed by atoms with Crippen LogP contribution in [-0.2, 0) is 17.8 Å². The number of benzene rings is 2. The number of fused-ring (bicyclic) bond motifs is 1. The van der Waals surface area contributed by atoms with Gasteiger partial charge in [0.25, 0.3) is 0 Å². The van der Waals surface area contributed by atoms with Gasteiger partial charge in [0.2, 0.25) is 5.91 Å². The van der Waals surface area contributed by atoms with Crippen molar-refractivity contribution in [3.8, 4) is 22.9 Å². The molecule has 0 radical (unpaired) electrons. The molecule has 33 heavy (non-hydrogen) atoms. The molecule has 1 aliphatic rings. The Bertz CT molecular complexity index is 1160. The first-order valence-corrected chi connectivity index (χ1v) is 10.7. The van der Waals surface area contributed by atoms with E-state index in [9.17, 15) is 13.6 Å². The molecule has 1 aliphatic heterocycles. The third kappa shape index (κ3) is 5.36. The van der Waals surface area contributed by atoms with E-state index < -0.39 is 12.5 Å². The molecule has 1 aromatic heterocycles.